The Hall–Kier alpha value is -3.94. The van der Waals surface area contributed by atoms with Crippen LogP contribution in [0.1, 0.15) is 43.2 Å². The first-order valence-corrected chi connectivity index (χ1v) is 15.9. The minimum atomic E-state index is -4.29. The number of carbonyl (C=O) groups excluding carboxylic acids is 2. The molecule has 1 aliphatic rings. The summed E-state index contributed by atoms with van der Waals surface area (Å²) in [7, 11) is -4.29. The van der Waals surface area contributed by atoms with Crippen LogP contribution in [0.5, 0.6) is 0 Å². The maximum atomic E-state index is 15.0. The summed E-state index contributed by atoms with van der Waals surface area (Å²) < 4.78 is 52.1. The number of ether oxygens (including phenoxy) is 3. The summed E-state index contributed by atoms with van der Waals surface area (Å²) in [5.74, 6) is -1.51. The fourth-order valence-corrected chi connectivity index (χ4v) is 6.23. The monoisotopic (exact) mass is 646 g/mol. The molecule has 5 atom stereocenters. The molecule has 0 spiro atoms. The molecule has 2 heterocycles. The Balaban J connectivity index is 1.43. The second-order valence-corrected chi connectivity index (χ2v) is 12.5. The van der Waals surface area contributed by atoms with Crippen LogP contribution in [0.2, 0.25) is 0 Å². The molecule has 0 amide bonds. The molecule has 1 aliphatic heterocycles. The Labute approximate surface area is 258 Å². The number of hydrogen-bond acceptors (Lipinski definition) is 9. The standard InChI is InChI=1S/C30H36FN4O9P/c1-19-15-35(30(39)32-27(19)36)26-14-24(31)25(44-26)18-43-45(40,33-20(2)28(37)41-16-22-10-6-4-7-11-22)34-21(3)29(38)42-17-23-12-8-5-9-13-23/h4-13,15,20-21,24-26H,14,16-18H2,1-3H3,(H,32,36,39)(H2,33,34,40)/t20-,21-,24+,25-,26-/m0/s1. The van der Waals surface area contributed by atoms with E-state index in [9.17, 15) is 23.7 Å². The zero-order chi connectivity index (χ0) is 32.6. The number of alkyl halides is 1. The van der Waals surface area contributed by atoms with Crippen LogP contribution >= 0.6 is 7.67 Å². The van der Waals surface area contributed by atoms with Gasteiger partial charge in [-0.1, -0.05) is 60.7 Å². The van der Waals surface area contributed by atoms with Gasteiger partial charge in [-0.15, -0.1) is 0 Å². The minimum Gasteiger partial charge on any atom is -0.460 e. The molecule has 4 rings (SSSR count). The van der Waals surface area contributed by atoms with Crippen molar-refractivity contribution < 1.29 is 37.3 Å². The van der Waals surface area contributed by atoms with Crippen molar-refractivity contribution in [1.29, 1.82) is 0 Å². The molecule has 1 fully saturated rings. The lowest BCUT2D eigenvalue weighted by Crippen LogP contribution is -2.43. The lowest BCUT2D eigenvalue weighted by molar-refractivity contribution is -0.147. The Bertz CT molecular complexity index is 1550. The number of nitrogens with one attached hydrogen (secondary N) is 3. The first-order chi connectivity index (χ1) is 21.4. The predicted octanol–water partition coefficient (Wildman–Crippen LogP) is 3.04. The number of rotatable bonds is 14. The van der Waals surface area contributed by atoms with Gasteiger partial charge in [-0.2, -0.15) is 0 Å². The highest BCUT2D eigenvalue weighted by molar-refractivity contribution is 7.54. The third kappa shape index (κ3) is 9.52. The minimum absolute atomic E-state index is 0.0308. The number of hydrogen-bond donors (Lipinski definition) is 3. The summed E-state index contributed by atoms with van der Waals surface area (Å²) in [6, 6.07) is 15.5. The van der Waals surface area contributed by atoms with E-state index in [0.29, 0.717) is 0 Å². The summed E-state index contributed by atoms with van der Waals surface area (Å²) in [4.78, 5) is 51.7. The van der Waals surface area contributed by atoms with E-state index in [0.717, 1.165) is 15.7 Å². The summed E-state index contributed by atoms with van der Waals surface area (Å²) in [6.07, 6.45) is -2.94. The number of carbonyl (C=O) groups is 2. The van der Waals surface area contributed by atoms with Gasteiger partial charge in [0.05, 0.1) is 6.61 Å². The van der Waals surface area contributed by atoms with Crippen molar-refractivity contribution in [2.45, 2.75) is 71.0 Å². The van der Waals surface area contributed by atoms with Gasteiger partial charge in [0, 0.05) is 18.2 Å². The normalized spacial score (nSPS) is 19.5. The van der Waals surface area contributed by atoms with Crippen LogP contribution in [0, 0.1) is 6.92 Å². The molecule has 3 N–H and O–H groups in total. The highest BCUT2D eigenvalue weighted by atomic mass is 31.2. The molecular weight excluding hydrogens is 610 g/mol. The van der Waals surface area contributed by atoms with Crippen LogP contribution in [-0.2, 0) is 46.1 Å². The smallest absolute Gasteiger partial charge is 0.342 e. The Morgan fingerprint density at radius 3 is 2.00 bits per heavy atom. The van der Waals surface area contributed by atoms with E-state index in [2.05, 4.69) is 15.2 Å². The van der Waals surface area contributed by atoms with Gasteiger partial charge in [-0.05, 0) is 31.9 Å². The molecule has 45 heavy (non-hydrogen) atoms. The fourth-order valence-electron chi connectivity index (χ4n) is 4.42. The van der Waals surface area contributed by atoms with Gasteiger partial charge < -0.3 is 18.7 Å². The Morgan fingerprint density at radius 1 is 0.978 bits per heavy atom. The van der Waals surface area contributed by atoms with Gasteiger partial charge in [-0.3, -0.25) is 28.5 Å². The number of aromatic amines is 1. The Morgan fingerprint density at radius 2 is 1.49 bits per heavy atom. The van der Waals surface area contributed by atoms with Gasteiger partial charge in [-0.25, -0.2) is 19.4 Å². The molecule has 0 saturated carbocycles. The van der Waals surface area contributed by atoms with Gasteiger partial charge in [0.1, 0.15) is 43.8 Å². The van der Waals surface area contributed by atoms with Crippen molar-refractivity contribution in [2.24, 2.45) is 0 Å². The molecule has 1 saturated heterocycles. The SMILES string of the molecule is Cc1cn([C@@H]2C[C@@H](F)[C@H](COP(=O)(N[C@@H](C)C(=O)OCc3ccccc3)N[C@@H](C)C(=O)OCc3ccccc3)O2)c(=O)[nH]c1=O. The maximum Gasteiger partial charge on any atom is 0.342 e. The number of aryl methyl sites for hydroxylation is 1. The topological polar surface area (TPSA) is 167 Å². The van der Waals surface area contributed by atoms with Crippen molar-refractivity contribution in [2.75, 3.05) is 6.61 Å². The van der Waals surface area contributed by atoms with Gasteiger partial charge in [0.2, 0.25) is 0 Å². The average Bonchev–Trinajstić information content (AvgIpc) is 3.40. The fraction of sp³-hybridized carbons (Fsp3) is 0.400. The number of H-pyrrole nitrogens is 1. The third-order valence-electron chi connectivity index (χ3n) is 6.92. The molecular formula is C30H36FN4O9P. The van der Waals surface area contributed by atoms with E-state index in [1.165, 1.54) is 27.0 Å². The first kappa shape index (κ1) is 33.9. The molecule has 0 bridgehead atoms. The number of halogens is 1. The summed E-state index contributed by atoms with van der Waals surface area (Å²) in [5, 5.41) is 5.12. The number of benzene rings is 2. The van der Waals surface area contributed by atoms with Crippen molar-refractivity contribution in [3.63, 3.8) is 0 Å². The summed E-state index contributed by atoms with van der Waals surface area (Å²) in [5.41, 5.74) is 0.363. The zero-order valence-electron chi connectivity index (χ0n) is 25.0. The third-order valence-corrected chi connectivity index (χ3v) is 8.89. The van der Waals surface area contributed by atoms with Crippen molar-refractivity contribution >= 4 is 19.6 Å². The molecule has 0 unspecified atom stereocenters. The number of aromatic nitrogens is 2. The van der Waals surface area contributed by atoms with E-state index in [1.807, 2.05) is 12.1 Å². The van der Waals surface area contributed by atoms with Crippen molar-refractivity contribution in [3.05, 3.63) is 104 Å². The molecule has 1 aromatic heterocycles. The largest absolute Gasteiger partial charge is 0.460 e. The van der Waals surface area contributed by atoms with Crippen molar-refractivity contribution in [1.82, 2.24) is 19.7 Å². The summed E-state index contributed by atoms with van der Waals surface area (Å²) in [6.45, 7) is 3.64. The molecule has 0 radical (unpaired) electrons. The molecule has 2 aromatic carbocycles. The van der Waals surface area contributed by atoms with Crippen LogP contribution in [0.15, 0.2) is 76.4 Å². The summed E-state index contributed by atoms with van der Waals surface area (Å²) >= 11 is 0. The lowest BCUT2D eigenvalue weighted by atomic mass is 10.2. The van der Waals surface area contributed by atoms with Crippen LogP contribution in [-0.4, -0.2) is 52.5 Å². The van der Waals surface area contributed by atoms with E-state index in [4.69, 9.17) is 18.7 Å². The maximum absolute atomic E-state index is 15.0. The van der Waals surface area contributed by atoms with E-state index in [1.54, 1.807) is 48.5 Å². The predicted molar refractivity (Wildman–Crippen MR) is 161 cm³/mol. The van der Waals surface area contributed by atoms with Crippen LogP contribution < -0.4 is 21.4 Å². The molecule has 3 aromatic rings. The van der Waals surface area contributed by atoms with Crippen molar-refractivity contribution in [3.8, 4) is 0 Å². The second-order valence-electron chi connectivity index (χ2n) is 10.6. The van der Waals surface area contributed by atoms with Gasteiger partial charge >= 0.3 is 25.3 Å². The van der Waals surface area contributed by atoms with E-state index >= 15 is 4.39 Å². The highest BCUT2D eigenvalue weighted by Gasteiger charge is 2.40. The average molecular weight is 647 g/mol. The van der Waals surface area contributed by atoms with E-state index in [-0.39, 0.29) is 25.2 Å². The lowest BCUT2D eigenvalue weighted by Gasteiger charge is -2.27. The molecule has 15 heteroatoms. The Kier molecular flexibility index (Phi) is 11.6. The first-order valence-electron chi connectivity index (χ1n) is 14.3. The van der Waals surface area contributed by atoms with Crippen LogP contribution in [0.25, 0.3) is 0 Å². The van der Waals surface area contributed by atoms with E-state index < -0.39 is 68.1 Å². The number of nitrogens with zero attached hydrogens (tertiary/aromatic N) is 1. The van der Waals surface area contributed by atoms with Crippen LogP contribution in [0.4, 0.5) is 4.39 Å². The second kappa shape index (κ2) is 15.4. The zero-order valence-corrected chi connectivity index (χ0v) is 25.9. The molecule has 0 aliphatic carbocycles. The molecule has 13 nitrogen and oxygen atoms in total. The number of esters is 2. The van der Waals surface area contributed by atoms with Gasteiger partial charge in [0.15, 0.2) is 0 Å². The molecule has 242 valence electrons. The van der Waals surface area contributed by atoms with Crippen LogP contribution in [0.3, 0.4) is 0 Å². The highest BCUT2D eigenvalue weighted by Crippen LogP contribution is 2.41. The quantitative estimate of drug-likeness (QED) is 0.174. The van der Waals surface area contributed by atoms with Gasteiger partial charge in [0.25, 0.3) is 5.56 Å².